The summed E-state index contributed by atoms with van der Waals surface area (Å²) in [5.74, 6) is 0.480. The van der Waals surface area contributed by atoms with Gasteiger partial charge >= 0.3 is 0 Å². The van der Waals surface area contributed by atoms with Gasteiger partial charge in [0.2, 0.25) is 10.0 Å². The van der Waals surface area contributed by atoms with E-state index in [1.165, 1.54) is 0 Å². The molecule has 5 heteroatoms. The van der Waals surface area contributed by atoms with Gasteiger partial charge in [-0.05, 0) is 24.0 Å². The van der Waals surface area contributed by atoms with Crippen LogP contribution in [0.1, 0.15) is 24.0 Å². The van der Waals surface area contributed by atoms with E-state index >= 15 is 0 Å². The highest BCUT2D eigenvalue weighted by Crippen LogP contribution is 2.27. The topological polar surface area (TPSA) is 46.2 Å². The molecule has 0 saturated heterocycles. The van der Waals surface area contributed by atoms with Crippen LogP contribution >= 0.6 is 11.6 Å². The van der Waals surface area contributed by atoms with Crippen LogP contribution in [0, 0.1) is 0 Å². The summed E-state index contributed by atoms with van der Waals surface area (Å²) < 4.78 is 25.7. The summed E-state index contributed by atoms with van der Waals surface area (Å²) >= 11 is 5.67. The van der Waals surface area contributed by atoms with E-state index in [-0.39, 0.29) is 5.25 Å². The van der Waals surface area contributed by atoms with Crippen molar-refractivity contribution in [2.24, 2.45) is 0 Å². The van der Waals surface area contributed by atoms with Crippen LogP contribution in [0.4, 0.5) is 0 Å². The van der Waals surface area contributed by atoms with Gasteiger partial charge < -0.3 is 0 Å². The van der Waals surface area contributed by atoms with E-state index in [0.717, 1.165) is 24.0 Å². The molecule has 16 heavy (non-hydrogen) atoms. The molecular formula is C11H14ClNO2S. The Morgan fingerprint density at radius 3 is 2.25 bits per heavy atom. The maximum Gasteiger partial charge on any atom is 0.214 e. The van der Waals surface area contributed by atoms with Gasteiger partial charge in [-0.3, -0.25) is 0 Å². The second-order valence-corrected chi connectivity index (χ2v) is 6.33. The summed E-state index contributed by atoms with van der Waals surface area (Å²) in [5, 5.41) is -0.158. The summed E-state index contributed by atoms with van der Waals surface area (Å²) in [6.07, 6.45) is 1.58. The minimum atomic E-state index is -3.08. The smallest absolute Gasteiger partial charge is 0.212 e. The lowest BCUT2D eigenvalue weighted by molar-refractivity contribution is 0.580. The van der Waals surface area contributed by atoms with Crippen LogP contribution in [-0.2, 0) is 22.4 Å². The lowest BCUT2D eigenvalue weighted by Crippen LogP contribution is -2.26. The summed E-state index contributed by atoms with van der Waals surface area (Å²) in [6, 6.07) is 7.61. The van der Waals surface area contributed by atoms with Crippen molar-refractivity contribution in [1.82, 2.24) is 4.72 Å². The Labute approximate surface area is 101 Å². The van der Waals surface area contributed by atoms with Crippen LogP contribution in [0.25, 0.3) is 0 Å². The average molecular weight is 260 g/mol. The first-order valence-corrected chi connectivity index (χ1v) is 7.32. The Hall–Kier alpha value is -0.580. The maximum atomic E-state index is 11.6. The number of sulfonamides is 1. The van der Waals surface area contributed by atoms with Gasteiger partial charge in [0.1, 0.15) is 0 Å². The van der Waals surface area contributed by atoms with Gasteiger partial charge in [-0.1, -0.05) is 24.3 Å². The second kappa shape index (κ2) is 4.73. The fourth-order valence-corrected chi connectivity index (χ4v) is 2.96. The van der Waals surface area contributed by atoms with E-state index in [9.17, 15) is 8.42 Å². The number of benzene rings is 1. The van der Waals surface area contributed by atoms with Gasteiger partial charge in [-0.2, -0.15) is 0 Å². The number of nitrogens with one attached hydrogen (secondary N) is 1. The van der Waals surface area contributed by atoms with Crippen molar-refractivity contribution in [3.63, 3.8) is 0 Å². The third-order valence-corrected chi connectivity index (χ3v) is 4.82. The quantitative estimate of drug-likeness (QED) is 0.823. The standard InChI is InChI=1S/C11H14ClNO2S/c12-7-9-1-3-10(4-2-9)8-13-16(14,15)11-5-6-11/h1-4,11,13H,5-8H2. The normalized spacial score (nSPS) is 16.3. The molecule has 0 aromatic heterocycles. The molecule has 0 radical (unpaired) electrons. The molecule has 0 spiro atoms. The number of hydrogen-bond donors (Lipinski definition) is 1. The molecule has 1 N–H and O–H groups in total. The van der Waals surface area contributed by atoms with E-state index in [1.807, 2.05) is 24.3 Å². The summed E-state index contributed by atoms with van der Waals surface area (Å²) in [6.45, 7) is 0.362. The van der Waals surface area contributed by atoms with Crippen molar-refractivity contribution in [2.75, 3.05) is 0 Å². The number of rotatable bonds is 5. The highest BCUT2D eigenvalue weighted by Gasteiger charge is 2.35. The van der Waals surface area contributed by atoms with Crippen LogP contribution in [-0.4, -0.2) is 13.7 Å². The molecule has 3 nitrogen and oxygen atoms in total. The third-order valence-electron chi connectivity index (χ3n) is 2.62. The Kier molecular flexibility index (Phi) is 3.52. The summed E-state index contributed by atoms with van der Waals surface area (Å²) in [5.41, 5.74) is 1.99. The molecular weight excluding hydrogens is 246 g/mol. The Morgan fingerprint density at radius 2 is 1.75 bits per heavy atom. The largest absolute Gasteiger partial charge is 0.214 e. The Balaban J connectivity index is 1.94. The van der Waals surface area contributed by atoms with E-state index in [1.54, 1.807) is 0 Å². The highest BCUT2D eigenvalue weighted by atomic mass is 35.5. The zero-order valence-electron chi connectivity index (χ0n) is 8.82. The van der Waals surface area contributed by atoms with Gasteiger partial charge in [0, 0.05) is 12.4 Å². The van der Waals surface area contributed by atoms with Crippen LogP contribution in [0.3, 0.4) is 0 Å². The first-order valence-electron chi connectivity index (χ1n) is 5.24. The molecule has 1 aromatic rings. The third kappa shape index (κ3) is 2.97. The summed E-state index contributed by atoms with van der Waals surface area (Å²) in [4.78, 5) is 0. The van der Waals surface area contributed by atoms with Crippen LogP contribution in [0.15, 0.2) is 24.3 Å². The Morgan fingerprint density at radius 1 is 1.19 bits per heavy atom. The zero-order chi connectivity index (χ0) is 11.6. The van der Waals surface area contributed by atoms with E-state index in [4.69, 9.17) is 11.6 Å². The first-order chi connectivity index (χ1) is 7.62. The fraction of sp³-hybridized carbons (Fsp3) is 0.455. The van der Waals surface area contributed by atoms with Crippen LogP contribution < -0.4 is 4.72 Å². The predicted octanol–water partition coefficient (Wildman–Crippen LogP) is 2.01. The van der Waals surface area contributed by atoms with Gasteiger partial charge in [-0.25, -0.2) is 13.1 Å². The van der Waals surface area contributed by atoms with E-state index < -0.39 is 10.0 Å². The van der Waals surface area contributed by atoms with Crippen molar-refractivity contribution in [1.29, 1.82) is 0 Å². The molecule has 88 valence electrons. The lowest BCUT2D eigenvalue weighted by Gasteiger charge is -2.05. The van der Waals surface area contributed by atoms with E-state index in [0.29, 0.717) is 12.4 Å². The molecule has 0 unspecified atom stereocenters. The molecule has 1 aromatic carbocycles. The van der Waals surface area contributed by atoms with Crippen molar-refractivity contribution in [3.05, 3.63) is 35.4 Å². The number of hydrogen-bond acceptors (Lipinski definition) is 2. The van der Waals surface area contributed by atoms with Gasteiger partial charge in [0.25, 0.3) is 0 Å². The molecule has 1 aliphatic rings. The predicted molar refractivity (Wildman–Crippen MR) is 64.8 cm³/mol. The van der Waals surface area contributed by atoms with Gasteiger partial charge in [0.05, 0.1) is 5.25 Å². The van der Waals surface area contributed by atoms with Crippen LogP contribution in [0.5, 0.6) is 0 Å². The fourth-order valence-electron chi connectivity index (χ4n) is 1.43. The van der Waals surface area contributed by atoms with Crippen molar-refractivity contribution in [2.45, 2.75) is 30.5 Å². The first kappa shape index (κ1) is 11.9. The van der Waals surface area contributed by atoms with Gasteiger partial charge in [0.15, 0.2) is 0 Å². The molecule has 0 amide bonds. The van der Waals surface area contributed by atoms with Crippen molar-refractivity contribution < 1.29 is 8.42 Å². The monoisotopic (exact) mass is 259 g/mol. The zero-order valence-corrected chi connectivity index (χ0v) is 10.4. The lowest BCUT2D eigenvalue weighted by atomic mass is 10.1. The minimum absolute atomic E-state index is 0.158. The number of alkyl halides is 1. The Bertz CT molecular complexity index is 451. The minimum Gasteiger partial charge on any atom is -0.212 e. The maximum absolute atomic E-state index is 11.6. The summed E-state index contributed by atoms with van der Waals surface area (Å²) in [7, 11) is -3.08. The SMILES string of the molecule is O=S(=O)(NCc1ccc(CCl)cc1)C1CC1. The highest BCUT2D eigenvalue weighted by molar-refractivity contribution is 7.90. The molecule has 0 aliphatic heterocycles. The molecule has 0 atom stereocenters. The average Bonchev–Trinajstić information content (AvgIpc) is 3.11. The molecule has 1 aliphatic carbocycles. The van der Waals surface area contributed by atoms with Crippen molar-refractivity contribution in [3.8, 4) is 0 Å². The molecule has 1 saturated carbocycles. The molecule has 1 fully saturated rings. The number of halogens is 1. The van der Waals surface area contributed by atoms with Gasteiger partial charge in [-0.15, -0.1) is 11.6 Å². The second-order valence-electron chi connectivity index (χ2n) is 4.02. The molecule has 0 heterocycles. The molecule has 0 bridgehead atoms. The van der Waals surface area contributed by atoms with Crippen molar-refractivity contribution >= 4 is 21.6 Å². The van der Waals surface area contributed by atoms with Crippen LogP contribution in [0.2, 0.25) is 0 Å². The molecule has 2 rings (SSSR count). The van der Waals surface area contributed by atoms with E-state index in [2.05, 4.69) is 4.72 Å².